The van der Waals surface area contributed by atoms with E-state index in [-0.39, 0.29) is 11.7 Å². The molecule has 0 spiro atoms. The number of fused-ring (bicyclic) bond motifs is 1. The molecule has 5 heteroatoms. The predicted molar refractivity (Wildman–Crippen MR) is 82.1 cm³/mol. The minimum Gasteiger partial charge on any atom is -0.342 e. The number of hydrogen-bond acceptors (Lipinski definition) is 2. The van der Waals surface area contributed by atoms with Crippen LogP contribution in [0.25, 0.3) is 5.65 Å². The van der Waals surface area contributed by atoms with Gasteiger partial charge in [-0.3, -0.25) is 4.79 Å². The Hall–Kier alpha value is -2.69. The van der Waals surface area contributed by atoms with Crippen molar-refractivity contribution in [2.75, 3.05) is 0 Å². The largest absolute Gasteiger partial charge is 0.342 e. The Morgan fingerprint density at radius 1 is 1.18 bits per heavy atom. The number of carbonyl (C=O) groups excluding carboxylic acids is 1. The van der Waals surface area contributed by atoms with Crippen molar-refractivity contribution < 1.29 is 9.18 Å². The Bertz CT molecular complexity index is 788. The summed E-state index contributed by atoms with van der Waals surface area (Å²) in [5, 5.41) is 2.93. The van der Waals surface area contributed by atoms with E-state index in [4.69, 9.17) is 0 Å². The molecule has 3 aromatic rings. The third kappa shape index (κ3) is 2.70. The van der Waals surface area contributed by atoms with Crippen LogP contribution in [-0.4, -0.2) is 15.3 Å². The molecule has 0 unspecified atom stereocenters. The van der Waals surface area contributed by atoms with Crippen molar-refractivity contribution in [1.29, 1.82) is 0 Å². The van der Waals surface area contributed by atoms with Crippen LogP contribution < -0.4 is 5.32 Å². The number of nitrogens with one attached hydrogen (secondary N) is 1. The molecule has 22 heavy (non-hydrogen) atoms. The second-order valence-corrected chi connectivity index (χ2v) is 5.68. The number of imidazole rings is 1. The SMILES string of the molecule is CC(C)(NC(=O)c1cn2ccccc2n1)c1ccc(F)cc1. The molecule has 0 saturated carbocycles. The lowest BCUT2D eigenvalue weighted by atomic mass is 9.94. The van der Waals surface area contributed by atoms with Crippen molar-refractivity contribution in [2.24, 2.45) is 0 Å². The van der Waals surface area contributed by atoms with Gasteiger partial charge in [-0.25, -0.2) is 9.37 Å². The molecule has 112 valence electrons. The lowest BCUT2D eigenvalue weighted by molar-refractivity contribution is 0.0907. The number of aromatic nitrogens is 2. The number of halogens is 1. The highest BCUT2D eigenvalue weighted by atomic mass is 19.1. The van der Waals surface area contributed by atoms with Crippen molar-refractivity contribution in [3.63, 3.8) is 0 Å². The fourth-order valence-corrected chi connectivity index (χ4v) is 2.33. The monoisotopic (exact) mass is 297 g/mol. The van der Waals surface area contributed by atoms with Gasteiger partial charge in [0.15, 0.2) is 0 Å². The summed E-state index contributed by atoms with van der Waals surface area (Å²) in [4.78, 5) is 16.7. The van der Waals surface area contributed by atoms with Gasteiger partial charge in [0.1, 0.15) is 17.2 Å². The first-order chi connectivity index (χ1) is 10.5. The summed E-state index contributed by atoms with van der Waals surface area (Å²) >= 11 is 0. The predicted octanol–water partition coefficient (Wildman–Crippen LogP) is 3.14. The molecule has 0 bridgehead atoms. The zero-order chi connectivity index (χ0) is 15.7. The van der Waals surface area contributed by atoms with Gasteiger partial charge in [-0.15, -0.1) is 0 Å². The van der Waals surface area contributed by atoms with Crippen molar-refractivity contribution in [3.8, 4) is 0 Å². The second-order valence-electron chi connectivity index (χ2n) is 5.68. The molecule has 2 aromatic heterocycles. The zero-order valence-electron chi connectivity index (χ0n) is 12.4. The molecular weight excluding hydrogens is 281 g/mol. The number of hydrogen-bond donors (Lipinski definition) is 1. The summed E-state index contributed by atoms with van der Waals surface area (Å²) in [6, 6.07) is 11.7. The summed E-state index contributed by atoms with van der Waals surface area (Å²) in [6.07, 6.45) is 3.52. The molecule has 4 nitrogen and oxygen atoms in total. The minimum atomic E-state index is -0.624. The van der Waals surface area contributed by atoms with Crippen LogP contribution in [0.15, 0.2) is 54.9 Å². The lowest BCUT2D eigenvalue weighted by Crippen LogP contribution is -2.41. The Morgan fingerprint density at radius 2 is 1.91 bits per heavy atom. The Labute approximate surface area is 127 Å². The molecule has 0 radical (unpaired) electrons. The highest BCUT2D eigenvalue weighted by Gasteiger charge is 2.24. The number of nitrogens with zero attached hydrogens (tertiary/aromatic N) is 2. The van der Waals surface area contributed by atoms with E-state index in [1.54, 1.807) is 22.7 Å². The van der Waals surface area contributed by atoms with Gasteiger partial charge in [0.2, 0.25) is 0 Å². The first kappa shape index (κ1) is 14.3. The standard InChI is InChI=1S/C17H16FN3O/c1-17(2,12-6-8-13(18)9-7-12)20-16(22)14-11-21-10-4-3-5-15(21)19-14/h3-11H,1-2H3,(H,20,22). The quantitative estimate of drug-likeness (QED) is 0.807. The summed E-state index contributed by atoms with van der Waals surface area (Å²) in [7, 11) is 0. The summed E-state index contributed by atoms with van der Waals surface area (Å²) in [5.74, 6) is -0.566. The van der Waals surface area contributed by atoms with Crippen LogP contribution in [0.2, 0.25) is 0 Å². The second kappa shape index (κ2) is 5.26. The van der Waals surface area contributed by atoms with E-state index in [0.717, 1.165) is 5.56 Å². The number of rotatable bonds is 3. The molecule has 1 aromatic carbocycles. The number of carbonyl (C=O) groups is 1. The molecule has 0 atom stereocenters. The summed E-state index contributed by atoms with van der Waals surface area (Å²) in [5.41, 5.74) is 1.26. The maximum Gasteiger partial charge on any atom is 0.272 e. The Kier molecular flexibility index (Phi) is 3.41. The van der Waals surface area contributed by atoms with E-state index in [2.05, 4.69) is 10.3 Å². The number of pyridine rings is 1. The molecule has 0 aliphatic heterocycles. The molecule has 0 saturated heterocycles. The fourth-order valence-electron chi connectivity index (χ4n) is 2.33. The average Bonchev–Trinajstić information content (AvgIpc) is 2.91. The first-order valence-corrected chi connectivity index (χ1v) is 6.98. The van der Waals surface area contributed by atoms with Crippen molar-refractivity contribution in [3.05, 3.63) is 71.9 Å². The normalized spacial score (nSPS) is 11.6. The van der Waals surface area contributed by atoms with Crippen LogP contribution in [0.1, 0.15) is 29.9 Å². The lowest BCUT2D eigenvalue weighted by Gasteiger charge is -2.26. The van der Waals surface area contributed by atoms with E-state index in [9.17, 15) is 9.18 Å². The fraction of sp³-hybridized carbons (Fsp3) is 0.176. The molecule has 1 N–H and O–H groups in total. The number of amides is 1. The average molecular weight is 297 g/mol. The third-order valence-corrected chi connectivity index (χ3v) is 3.59. The smallest absolute Gasteiger partial charge is 0.272 e. The van der Waals surface area contributed by atoms with Crippen molar-refractivity contribution in [1.82, 2.24) is 14.7 Å². The molecule has 0 aliphatic rings. The third-order valence-electron chi connectivity index (χ3n) is 3.59. The van der Waals surface area contributed by atoms with Crippen LogP contribution in [-0.2, 0) is 5.54 Å². The van der Waals surface area contributed by atoms with E-state index in [1.807, 2.05) is 38.2 Å². The van der Waals surface area contributed by atoms with Gasteiger partial charge in [-0.2, -0.15) is 0 Å². The Morgan fingerprint density at radius 3 is 2.59 bits per heavy atom. The van der Waals surface area contributed by atoms with Gasteiger partial charge in [0, 0.05) is 12.4 Å². The van der Waals surface area contributed by atoms with Crippen LogP contribution in [0.4, 0.5) is 4.39 Å². The molecular formula is C17H16FN3O. The van der Waals surface area contributed by atoms with E-state index < -0.39 is 5.54 Å². The van der Waals surface area contributed by atoms with Gasteiger partial charge in [0.05, 0.1) is 5.54 Å². The Balaban J connectivity index is 1.84. The topological polar surface area (TPSA) is 46.4 Å². The van der Waals surface area contributed by atoms with Gasteiger partial charge in [-0.1, -0.05) is 18.2 Å². The van der Waals surface area contributed by atoms with E-state index in [0.29, 0.717) is 11.3 Å². The maximum atomic E-state index is 13.0. The molecule has 3 rings (SSSR count). The van der Waals surface area contributed by atoms with Crippen LogP contribution >= 0.6 is 0 Å². The summed E-state index contributed by atoms with van der Waals surface area (Å²) < 4.78 is 14.8. The van der Waals surface area contributed by atoms with Gasteiger partial charge < -0.3 is 9.72 Å². The van der Waals surface area contributed by atoms with Gasteiger partial charge >= 0.3 is 0 Å². The van der Waals surface area contributed by atoms with E-state index >= 15 is 0 Å². The summed E-state index contributed by atoms with van der Waals surface area (Å²) in [6.45, 7) is 3.74. The minimum absolute atomic E-state index is 0.266. The number of benzene rings is 1. The van der Waals surface area contributed by atoms with Gasteiger partial charge in [0.25, 0.3) is 5.91 Å². The van der Waals surface area contributed by atoms with Crippen LogP contribution in [0, 0.1) is 5.82 Å². The zero-order valence-corrected chi connectivity index (χ0v) is 12.4. The van der Waals surface area contributed by atoms with Crippen molar-refractivity contribution in [2.45, 2.75) is 19.4 Å². The molecule has 1 amide bonds. The maximum absolute atomic E-state index is 13.0. The van der Waals surface area contributed by atoms with Crippen molar-refractivity contribution >= 4 is 11.6 Å². The molecule has 2 heterocycles. The highest BCUT2D eigenvalue weighted by Crippen LogP contribution is 2.21. The van der Waals surface area contributed by atoms with Crippen LogP contribution in [0.3, 0.4) is 0 Å². The van der Waals surface area contributed by atoms with Crippen LogP contribution in [0.5, 0.6) is 0 Å². The van der Waals surface area contributed by atoms with E-state index in [1.165, 1.54) is 12.1 Å². The van der Waals surface area contributed by atoms with Gasteiger partial charge in [-0.05, 0) is 43.7 Å². The molecule has 0 aliphatic carbocycles. The first-order valence-electron chi connectivity index (χ1n) is 6.98. The highest BCUT2D eigenvalue weighted by molar-refractivity contribution is 5.93. The molecule has 0 fully saturated rings.